The van der Waals surface area contributed by atoms with Gasteiger partial charge in [0.15, 0.2) is 0 Å². The second-order valence-electron chi connectivity index (χ2n) is 4.02. The summed E-state index contributed by atoms with van der Waals surface area (Å²) in [5.74, 6) is 0.731. The molecule has 1 rings (SSSR count). The molecule has 18 heavy (non-hydrogen) atoms. The molecule has 0 radical (unpaired) electrons. The average molecular weight is 254 g/mol. The number of hydrogen-bond acceptors (Lipinski definition) is 4. The summed E-state index contributed by atoms with van der Waals surface area (Å²) in [5, 5.41) is 5.96. The zero-order valence-electron chi connectivity index (χ0n) is 11.1. The maximum absolute atomic E-state index is 11.7. The van der Waals surface area contributed by atoms with Crippen molar-refractivity contribution in [3.05, 3.63) is 24.2 Å². The number of carbonyl (C=O) groups is 1. The minimum atomic E-state index is -0.207. The summed E-state index contributed by atoms with van der Waals surface area (Å²) in [6, 6.07) is 3.43. The van der Waals surface area contributed by atoms with Crippen molar-refractivity contribution >= 4 is 5.91 Å². The summed E-state index contributed by atoms with van der Waals surface area (Å²) in [6.07, 6.45) is 2.50. The summed E-state index contributed by atoms with van der Waals surface area (Å²) in [4.78, 5) is 11.7. The van der Waals surface area contributed by atoms with Gasteiger partial charge in [0.1, 0.15) is 5.76 Å². The molecule has 1 aromatic rings. The first-order chi connectivity index (χ1) is 8.74. The van der Waals surface area contributed by atoms with Gasteiger partial charge in [0, 0.05) is 13.2 Å². The molecule has 5 heteroatoms. The highest BCUT2D eigenvalue weighted by molar-refractivity contribution is 5.81. The predicted molar refractivity (Wildman–Crippen MR) is 69.1 cm³/mol. The zero-order chi connectivity index (χ0) is 13.2. The Labute approximate surface area is 108 Å². The van der Waals surface area contributed by atoms with Crippen LogP contribution in [0, 0.1) is 0 Å². The largest absolute Gasteiger partial charge is 0.467 e. The highest BCUT2D eigenvalue weighted by atomic mass is 16.5. The van der Waals surface area contributed by atoms with Crippen LogP contribution in [0.4, 0.5) is 0 Å². The molecule has 5 nitrogen and oxygen atoms in total. The van der Waals surface area contributed by atoms with Crippen molar-refractivity contribution in [1.29, 1.82) is 0 Å². The van der Waals surface area contributed by atoms with Crippen LogP contribution < -0.4 is 10.6 Å². The average Bonchev–Trinajstić information content (AvgIpc) is 2.88. The van der Waals surface area contributed by atoms with Crippen molar-refractivity contribution in [2.45, 2.75) is 32.9 Å². The summed E-state index contributed by atoms with van der Waals surface area (Å²) in [5.41, 5.74) is 0. The molecule has 0 aliphatic heterocycles. The smallest absolute Gasteiger partial charge is 0.237 e. The Balaban J connectivity index is 2.09. The number of amides is 1. The number of furan rings is 1. The van der Waals surface area contributed by atoms with Gasteiger partial charge in [0.05, 0.1) is 18.8 Å². The Morgan fingerprint density at radius 2 is 2.39 bits per heavy atom. The first-order valence-electron chi connectivity index (χ1n) is 6.35. The molecule has 0 bridgehead atoms. The van der Waals surface area contributed by atoms with Crippen LogP contribution in [0.25, 0.3) is 0 Å². The van der Waals surface area contributed by atoms with Crippen molar-refractivity contribution < 1.29 is 13.9 Å². The molecule has 0 saturated heterocycles. The van der Waals surface area contributed by atoms with Crippen LogP contribution in [0.5, 0.6) is 0 Å². The van der Waals surface area contributed by atoms with Crippen LogP contribution in [0.3, 0.4) is 0 Å². The highest BCUT2D eigenvalue weighted by Crippen LogP contribution is 1.98. The minimum absolute atomic E-state index is 0.0252. The molecule has 2 N–H and O–H groups in total. The fraction of sp³-hybridized carbons (Fsp3) is 0.615. The van der Waals surface area contributed by atoms with Gasteiger partial charge in [-0.25, -0.2) is 0 Å². The lowest BCUT2D eigenvalue weighted by Gasteiger charge is -2.13. The molecular weight excluding hydrogens is 232 g/mol. The van der Waals surface area contributed by atoms with Gasteiger partial charge in [-0.05, 0) is 38.9 Å². The van der Waals surface area contributed by atoms with Crippen LogP contribution in [0.2, 0.25) is 0 Å². The van der Waals surface area contributed by atoms with E-state index in [4.69, 9.17) is 9.15 Å². The normalized spacial score (nSPS) is 12.3. The van der Waals surface area contributed by atoms with Crippen molar-refractivity contribution in [1.82, 2.24) is 10.6 Å². The first-order valence-corrected chi connectivity index (χ1v) is 6.35. The van der Waals surface area contributed by atoms with Crippen LogP contribution in [0.1, 0.15) is 26.0 Å². The van der Waals surface area contributed by atoms with E-state index >= 15 is 0 Å². The van der Waals surface area contributed by atoms with Crippen LogP contribution in [-0.4, -0.2) is 31.7 Å². The first kappa shape index (κ1) is 14.7. The van der Waals surface area contributed by atoms with E-state index in [1.807, 2.05) is 19.9 Å². The molecule has 0 spiro atoms. The zero-order valence-corrected chi connectivity index (χ0v) is 11.1. The second-order valence-corrected chi connectivity index (χ2v) is 4.02. The molecule has 1 heterocycles. The maximum atomic E-state index is 11.7. The number of rotatable bonds is 9. The van der Waals surface area contributed by atoms with Crippen LogP contribution in [0.15, 0.2) is 22.8 Å². The molecule has 1 amide bonds. The lowest BCUT2D eigenvalue weighted by Crippen LogP contribution is -2.42. The van der Waals surface area contributed by atoms with Crippen molar-refractivity contribution in [2.24, 2.45) is 0 Å². The van der Waals surface area contributed by atoms with Crippen molar-refractivity contribution in [2.75, 3.05) is 19.8 Å². The third kappa shape index (κ3) is 5.84. The molecule has 0 fully saturated rings. The van der Waals surface area contributed by atoms with Crippen molar-refractivity contribution in [3.8, 4) is 0 Å². The number of ether oxygens (including phenoxy) is 1. The van der Waals surface area contributed by atoms with Gasteiger partial charge in [0.25, 0.3) is 0 Å². The quantitative estimate of drug-likeness (QED) is 0.652. The summed E-state index contributed by atoms with van der Waals surface area (Å²) < 4.78 is 10.4. The van der Waals surface area contributed by atoms with E-state index < -0.39 is 0 Å². The van der Waals surface area contributed by atoms with E-state index in [1.165, 1.54) is 0 Å². The Morgan fingerprint density at radius 3 is 3.06 bits per heavy atom. The van der Waals surface area contributed by atoms with Crippen LogP contribution >= 0.6 is 0 Å². The molecular formula is C13H22N2O3. The molecule has 0 aromatic carbocycles. The molecule has 0 saturated carbocycles. The van der Waals surface area contributed by atoms with E-state index in [0.717, 1.165) is 31.9 Å². The second kappa shape index (κ2) is 8.72. The predicted octanol–water partition coefficient (Wildman–Crippen LogP) is 1.30. The molecule has 0 aliphatic rings. The molecule has 1 atom stereocenters. The Morgan fingerprint density at radius 1 is 1.56 bits per heavy atom. The summed E-state index contributed by atoms with van der Waals surface area (Å²) >= 11 is 0. The Hall–Kier alpha value is -1.33. The van der Waals surface area contributed by atoms with Gasteiger partial charge < -0.3 is 19.8 Å². The van der Waals surface area contributed by atoms with E-state index in [1.54, 1.807) is 12.3 Å². The standard InChI is InChI=1S/C13H22N2O3/c1-3-17-8-5-7-14-11(2)13(16)15-10-12-6-4-9-18-12/h4,6,9,11,14H,3,5,7-8,10H2,1-2H3,(H,15,16). The van der Waals surface area contributed by atoms with E-state index in [2.05, 4.69) is 10.6 Å². The monoisotopic (exact) mass is 254 g/mol. The topological polar surface area (TPSA) is 63.5 Å². The fourth-order valence-corrected chi connectivity index (χ4v) is 1.47. The van der Waals surface area contributed by atoms with Gasteiger partial charge in [-0.1, -0.05) is 0 Å². The molecule has 1 aromatic heterocycles. The van der Waals surface area contributed by atoms with Gasteiger partial charge in [-0.15, -0.1) is 0 Å². The van der Waals surface area contributed by atoms with Crippen molar-refractivity contribution in [3.63, 3.8) is 0 Å². The number of carbonyl (C=O) groups excluding carboxylic acids is 1. The summed E-state index contributed by atoms with van der Waals surface area (Å²) in [7, 11) is 0. The van der Waals surface area contributed by atoms with Crippen LogP contribution in [-0.2, 0) is 16.1 Å². The maximum Gasteiger partial charge on any atom is 0.237 e. The lowest BCUT2D eigenvalue weighted by molar-refractivity contribution is -0.123. The third-order valence-corrected chi connectivity index (χ3v) is 2.53. The van der Waals surface area contributed by atoms with E-state index in [9.17, 15) is 4.79 Å². The molecule has 102 valence electrons. The fourth-order valence-electron chi connectivity index (χ4n) is 1.47. The van der Waals surface area contributed by atoms with Gasteiger partial charge in [-0.2, -0.15) is 0 Å². The van der Waals surface area contributed by atoms with E-state index in [-0.39, 0.29) is 11.9 Å². The minimum Gasteiger partial charge on any atom is -0.467 e. The Bertz CT molecular complexity index is 325. The van der Waals surface area contributed by atoms with Gasteiger partial charge >= 0.3 is 0 Å². The van der Waals surface area contributed by atoms with Gasteiger partial charge in [0.2, 0.25) is 5.91 Å². The SMILES string of the molecule is CCOCCCNC(C)C(=O)NCc1ccco1. The Kier molecular flexibility index (Phi) is 7.13. The third-order valence-electron chi connectivity index (χ3n) is 2.53. The van der Waals surface area contributed by atoms with Gasteiger partial charge in [-0.3, -0.25) is 4.79 Å². The lowest BCUT2D eigenvalue weighted by atomic mass is 10.3. The highest BCUT2D eigenvalue weighted by Gasteiger charge is 2.11. The van der Waals surface area contributed by atoms with E-state index in [0.29, 0.717) is 6.54 Å². The molecule has 0 aliphatic carbocycles. The molecule has 1 unspecified atom stereocenters. The number of nitrogens with one attached hydrogen (secondary N) is 2. The number of hydrogen-bond donors (Lipinski definition) is 2. The summed E-state index contributed by atoms with van der Waals surface area (Å²) in [6.45, 7) is 6.48.